The molecule has 2 heterocycles. The molecule has 0 radical (unpaired) electrons. The van der Waals surface area contributed by atoms with Crippen molar-refractivity contribution in [3.8, 4) is 0 Å². The molecule has 23 heavy (non-hydrogen) atoms. The van der Waals surface area contributed by atoms with Crippen LogP contribution in [-0.2, 0) is 4.79 Å². The molecule has 1 aromatic carbocycles. The number of fused-ring (bicyclic) bond motifs is 1. The standard InChI is InChI=1S/C17H23N3OS.ClH/c1-11(13-4-3-7-18-10-13)8-17(21)20-14-5-6-15-16(9-14)22-12(2)19-15;/h5-6,9,11,13,18H,3-4,7-8,10H2,1-2H3,(H,20,21);1H. The largest absolute Gasteiger partial charge is 0.326 e. The van der Waals surface area contributed by atoms with Crippen LogP contribution in [0.2, 0.25) is 0 Å². The SMILES string of the molecule is Cc1nc2ccc(NC(=O)CC(C)C3CCCNC3)cc2s1.Cl. The van der Waals surface area contributed by atoms with Gasteiger partial charge in [0.05, 0.1) is 15.2 Å². The molecule has 1 aliphatic heterocycles. The van der Waals surface area contributed by atoms with Gasteiger partial charge in [-0.05, 0) is 62.9 Å². The smallest absolute Gasteiger partial charge is 0.224 e. The van der Waals surface area contributed by atoms with E-state index in [1.54, 1.807) is 11.3 Å². The Morgan fingerprint density at radius 3 is 3.09 bits per heavy atom. The molecule has 1 fully saturated rings. The Balaban J connectivity index is 0.00000192. The number of aromatic nitrogens is 1. The second-order valence-corrected chi connectivity index (χ2v) is 7.49. The number of nitrogens with zero attached hydrogens (tertiary/aromatic N) is 1. The molecule has 0 bridgehead atoms. The summed E-state index contributed by atoms with van der Waals surface area (Å²) in [6, 6.07) is 5.93. The quantitative estimate of drug-likeness (QED) is 0.873. The molecule has 1 amide bonds. The number of nitrogens with one attached hydrogen (secondary N) is 2. The van der Waals surface area contributed by atoms with E-state index in [2.05, 4.69) is 22.5 Å². The fourth-order valence-corrected chi connectivity index (χ4v) is 4.02. The Kier molecular flexibility index (Phi) is 6.39. The van der Waals surface area contributed by atoms with Crippen molar-refractivity contribution in [3.63, 3.8) is 0 Å². The predicted molar refractivity (Wildman–Crippen MR) is 99.6 cm³/mol. The molecule has 2 aromatic rings. The van der Waals surface area contributed by atoms with Gasteiger partial charge in [0.1, 0.15) is 0 Å². The highest BCUT2D eigenvalue weighted by atomic mass is 35.5. The van der Waals surface area contributed by atoms with Crippen molar-refractivity contribution in [2.75, 3.05) is 18.4 Å². The average molecular weight is 354 g/mol. The molecule has 1 aliphatic rings. The minimum absolute atomic E-state index is 0. The number of carbonyl (C=O) groups excluding carboxylic acids is 1. The number of anilines is 1. The summed E-state index contributed by atoms with van der Waals surface area (Å²) >= 11 is 1.66. The van der Waals surface area contributed by atoms with Gasteiger partial charge in [-0.2, -0.15) is 0 Å². The zero-order chi connectivity index (χ0) is 15.5. The minimum Gasteiger partial charge on any atom is -0.326 e. The van der Waals surface area contributed by atoms with Crippen LogP contribution in [-0.4, -0.2) is 24.0 Å². The maximum absolute atomic E-state index is 12.3. The summed E-state index contributed by atoms with van der Waals surface area (Å²) in [6.07, 6.45) is 3.04. The predicted octanol–water partition coefficient (Wildman–Crippen LogP) is 3.99. The molecule has 2 atom stereocenters. The minimum atomic E-state index is 0. The molecule has 0 spiro atoms. The Labute approximate surface area is 147 Å². The topological polar surface area (TPSA) is 54.0 Å². The summed E-state index contributed by atoms with van der Waals surface area (Å²) in [5, 5.41) is 7.51. The summed E-state index contributed by atoms with van der Waals surface area (Å²) in [6.45, 7) is 6.35. The third-order valence-corrected chi connectivity index (χ3v) is 5.36. The zero-order valence-corrected chi connectivity index (χ0v) is 15.2. The lowest BCUT2D eigenvalue weighted by Gasteiger charge is -2.28. The first-order chi connectivity index (χ1) is 10.6. The maximum Gasteiger partial charge on any atom is 0.224 e. The van der Waals surface area contributed by atoms with Gasteiger partial charge in [-0.25, -0.2) is 4.98 Å². The molecule has 2 unspecified atom stereocenters. The summed E-state index contributed by atoms with van der Waals surface area (Å²) in [5.74, 6) is 1.15. The maximum atomic E-state index is 12.3. The molecule has 0 saturated carbocycles. The number of piperidine rings is 1. The number of halogens is 1. The van der Waals surface area contributed by atoms with Crippen molar-refractivity contribution in [2.24, 2.45) is 11.8 Å². The number of thiazole rings is 1. The molecule has 4 nitrogen and oxygen atoms in total. The lowest BCUT2D eigenvalue weighted by atomic mass is 9.85. The lowest BCUT2D eigenvalue weighted by molar-refractivity contribution is -0.117. The van der Waals surface area contributed by atoms with E-state index in [-0.39, 0.29) is 18.3 Å². The van der Waals surface area contributed by atoms with Crippen molar-refractivity contribution in [1.82, 2.24) is 10.3 Å². The Morgan fingerprint density at radius 1 is 1.52 bits per heavy atom. The number of carbonyl (C=O) groups is 1. The number of amides is 1. The van der Waals surface area contributed by atoms with E-state index in [0.717, 1.165) is 34.0 Å². The molecule has 2 N–H and O–H groups in total. The van der Waals surface area contributed by atoms with E-state index in [1.165, 1.54) is 12.8 Å². The van der Waals surface area contributed by atoms with E-state index in [9.17, 15) is 4.79 Å². The fourth-order valence-electron chi connectivity index (χ4n) is 3.15. The highest BCUT2D eigenvalue weighted by molar-refractivity contribution is 7.18. The van der Waals surface area contributed by atoms with E-state index in [0.29, 0.717) is 18.3 Å². The van der Waals surface area contributed by atoms with E-state index in [4.69, 9.17) is 0 Å². The van der Waals surface area contributed by atoms with Crippen LogP contribution in [0.15, 0.2) is 18.2 Å². The summed E-state index contributed by atoms with van der Waals surface area (Å²) < 4.78 is 1.12. The highest BCUT2D eigenvalue weighted by Gasteiger charge is 2.22. The van der Waals surface area contributed by atoms with Crippen LogP contribution in [0.5, 0.6) is 0 Å². The van der Waals surface area contributed by atoms with Gasteiger partial charge in [0.15, 0.2) is 0 Å². The van der Waals surface area contributed by atoms with Crippen molar-refractivity contribution in [2.45, 2.75) is 33.1 Å². The first kappa shape index (κ1) is 18.2. The molecule has 0 aliphatic carbocycles. The van der Waals surface area contributed by atoms with Crippen LogP contribution >= 0.6 is 23.7 Å². The Hall–Kier alpha value is -1.17. The van der Waals surface area contributed by atoms with Gasteiger partial charge in [0.25, 0.3) is 0 Å². The monoisotopic (exact) mass is 353 g/mol. The van der Waals surface area contributed by atoms with Gasteiger partial charge in [0, 0.05) is 12.1 Å². The molecule has 6 heteroatoms. The summed E-state index contributed by atoms with van der Waals surface area (Å²) in [7, 11) is 0. The molecule has 1 saturated heterocycles. The Bertz CT molecular complexity index is 667. The third kappa shape index (κ3) is 4.66. The number of rotatable bonds is 4. The zero-order valence-electron chi connectivity index (χ0n) is 13.6. The van der Waals surface area contributed by atoms with Crippen molar-refractivity contribution >= 4 is 45.6 Å². The van der Waals surface area contributed by atoms with Crippen LogP contribution in [0.3, 0.4) is 0 Å². The number of aryl methyl sites for hydroxylation is 1. The van der Waals surface area contributed by atoms with Gasteiger partial charge in [-0.1, -0.05) is 6.92 Å². The number of benzene rings is 1. The van der Waals surface area contributed by atoms with Crippen molar-refractivity contribution in [3.05, 3.63) is 23.2 Å². The second-order valence-electron chi connectivity index (χ2n) is 6.25. The van der Waals surface area contributed by atoms with E-state index < -0.39 is 0 Å². The van der Waals surface area contributed by atoms with Crippen LogP contribution < -0.4 is 10.6 Å². The second kappa shape index (κ2) is 8.08. The molecule has 1 aromatic heterocycles. The first-order valence-corrected chi connectivity index (χ1v) is 8.81. The lowest BCUT2D eigenvalue weighted by Crippen LogP contribution is -2.34. The van der Waals surface area contributed by atoms with E-state index in [1.807, 2.05) is 25.1 Å². The van der Waals surface area contributed by atoms with Gasteiger partial charge >= 0.3 is 0 Å². The molecular formula is C17H24ClN3OS. The van der Waals surface area contributed by atoms with Gasteiger partial charge < -0.3 is 10.6 Å². The fraction of sp³-hybridized carbons (Fsp3) is 0.529. The molecular weight excluding hydrogens is 330 g/mol. The number of hydrogen-bond donors (Lipinski definition) is 2. The first-order valence-electron chi connectivity index (χ1n) is 7.99. The van der Waals surface area contributed by atoms with Crippen LogP contribution in [0.4, 0.5) is 5.69 Å². The molecule has 3 rings (SSSR count). The van der Waals surface area contributed by atoms with Crippen LogP contribution in [0, 0.1) is 18.8 Å². The van der Waals surface area contributed by atoms with Gasteiger partial charge in [0.2, 0.25) is 5.91 Å². The molecule has 126 valence electrons. The summed E-state index contributed by atoms with van der Waals surface area (Å²) in [5.41, 5.74) is 1.87. The van der Waals surface area contributed by atoms with Crippen molar-refractivity contribution < 1.29 is 4.79 Å². The van der Waals surface area contributed by atoms with Gasteiger partial charge in [-0.3, -0.25) is 4.79 Å². The van der Waals surface area contributed by atoms with Gasteiger partial charge in [-0.15, -0.1) is 23.7 Å². The Morgan fingerprint density at radius 2 is 2.35 bits per heavy atom. The number of hydrogen-bond acceptors (Lipinski definition) is 4. The normalized spacial score (nSPS) is 19.1. The highest BCUT2D eigenvalue weighted by Crippen LogP contribution is 2.26. The summed E-state index contributed by atoms with van der Waals surface area (Å²) in [4.78, 5) is 16.7. The van der Waals surface area contributed by atoms with Crippen molar-refractivity contribution in [1.29, 1.82) is 0 Å². The van der Waals surface area contributed by atoms with E-state index >= 15 is 0 Å². The average Bonchev–Trinajstić information content (AvgIpc) is 2.87. The van der Waals surface area contributed by atoms with Crippen LogP contribution in [0.25, 0.3) is 10.2 Å². The van der Waals surface area contributed by atoms with Crippen LogP contribution in [0.1, 0.15) is 31.2 Å². The third-order valence-electron chi connectivity index (χ3n) is 4.43.